The Balaban J connectivity index is 1.72. The minimum Gasteiger partial charge on any atom is -0.481 e. The molecule has 0 amide bonds. The van der Waals surface area contributed by atoms with Crippen LogP contribution in [0, 0.1) is 51.2 Å². The van der Waals surface area contributed by atoms with Gasteiger partial charge in [0, 0.05) is 31.1 Å². The predicted octanol–water partition coefficient (Wildman–Crippen LogP) is 4.89. The van der Waals surface area contributed by atoms with Gasteiger partial charge in [-0.05, 0) is 71.5 Å². The normalized spacial score (nSPS) is 48.5. The van der Waals surface area contributed by atoms with Gasteiger partial charge < -0.3 is 10.2 Å². The molecule has 4 saturated carbocycles. The molecule has 32 heavy (non-hydrogen) atoms. The summed E-state index contributed by atoms with van der Waals surface area (Å²) in [7, 11) is 0. The highest BCUT2D eigenvalue weighted by Gasteiger charge is 2.72. The third kappa shape index (κ3) is 3.02. The van der Waals surface area contributed by atoms with Gasteiger partial charge >= 0.3 is 5.97 Å². The van der Waals surface area contributed by atoms with Crippen LogP contribution in [0.4, 0.5) is 0 Å². The smallest absolute Gasteiger partial charge is 0.303 e. The number of carboxylic acid groups (broad SMARTS) is 1. The SMILES string of the molecule is C[C@H](CCC(=O)O)[C@H]1CC[C@@]2(C)[C@@H]3C(=O)C[C@H]4C(C)(C)C(O)CC[C@]4(C)[C@H]3C(=O)C[C@]12C. The fourth-order valence-corrected chi connectivity index (χ4v) is 9.38. The summed E-state index contributed by atoms with van der Waals surface area (Å²) in [5, 5.41) is 19.9. The van der Waals surface area contributed by atoms with Crippen LogP contribution in [0.15, 0.2) is 0 Å². The first-order valence-electron chi connectivity index (χ1n) is 12.7. The number of aliphatic hydroxyl groups is 1. The molecule has 4 fully saturated rings. The zero-order valence-electron chi connectivity index (χ0n) is 20.7. The quantitative estimate of drug-likeness (QED) is 0.641. The highest BCUT2D eigenvalue weighted by atomic mass is 16.4. The molecule has 0 aromatic carbocycles. The molecule has 180 valence electrons. The molecule has 0 aromatic rings. The summed E-state index contributed by atoms with van der Waals surface area (Å²) in [4.78, 5) is 38.9. The molecule has 0 spiro atoms. The molecule has 2 N–H and O–H groups in total. The van der Waals surface area contributed by atoms with Crippen LogP contribution in [0.3, 0.4) is 0 Å². The predicted molar refractivity (Wildman–Crippen MR) is 122 cm³/mol. The first-order valence-corrected chi connectivity index (χ1v) is 12.7. The van der Waals surface area contributed by atoms with E-state index in [4.69, 9.17) is 5.11 Å². The third-order valence-corrected chi connectivity index (χ3v) is 11.5. The van der Waals surface area contributed by atoms with Gasteiger partial charge in [-0.1, -0.05) is 41.5 Å². The van der Waals surface area contributed by atoms with Crippen molar-refractivity contribution < 1.29 is 24.6 Å². The highest BCUT2D eigenvalue weighted by molar-refractivity contribution is 5.94. The lowest BCUT2D eigenvalue weighted by atomic mass is 9.37. The van der Waals surface area contributed by atoms with E-state index < -0.39 is 12.1 Å². The highest BCUT2D eigenvalue weighted by Crippen LogP contribution is 2.73. The summed E-state index contributed by atoms with van der Waals surface area (Å²) < 4.78 is 0. The van der Waals surface area contributed by atoms with Crippen LogP contribution in [0.5, 0.6) is 0 Å². The Morgan fingerprint density at radius 3 is 2.28 bits per heavy atom. The summed E-state index contributed by atoms with van der Waals surface area (Å²) >= 11 is 0. The van der Waals surface area contributed by atoms with Gasteiger partial charge in [-0.3, -0.25) is 14.4 Å². The second-order valence-electron chi connectivity index (χ2n) is 13.1. The van der Waals surface area contributed by atoms with Crippen LogP contribution in [0.1, 0.15) is 92.9 Å². The maximum atomic E-state index is 13.9. The van der Waals surface area contributed by atoms with Gasteiger partial charge in [0.2, 0.25) is 0 Å². The number of carbonyl (C=O) groups excluding carboxylic acids is 2. The Hall–Kier alpha value is -1.23. The summed E-state index contributed by atoms with van der Waals surface area (Å²) in [6.45, 7) is 13.0. The van der Waals surface area contributed by atoms with E-state index in [1.165, 1.54) is 0 Å². The number of aliphatic carboxylic acids is 1. The van der Waals surface area contributed by atoms with Crippen LogP contribution in [-0.4, -0.2) is 33.9 Å². The van der Waals surface area contributed by atoms with Gasteiger partial charge in [0.25, 0.3) is 0 Å². The lowest BCUT2D eigenvalue weighted by molar-refractivity contribution is -0.200. The molecule has 0 aromatic heterocycles. The van der Waals surface area contributed by atoms with Gasteiger partial charge in [-0.25, -0.2) is 0 Å². The Morgan fingerprint density at radius 2 is 1.66 bits per heavy atom. The van der Waals surface area contributed by atoms with Crippen molar-refractivity contribution in [1.29, 1.82) is 0 Å². The molecule has 0 aliphatic heterocycles. The van der Waals surface area contributed by atoms with E-state index in [-0.39, 0.29) is 69.2 Å². The molecule has 0 saturated heterocycles. The molecule has 5 nitrogen and oxygen atoms in total. The van der Waals surface area contributed by atoms with Crippen molar-refractivity contribution >= 4 is 17.5 Å². The van der Waals surface area contributed by atoms with Crippen molar-refractivity contribution in [3.63, 3.8) is 0 Å². The molecule has 4 rings (SSSR count). The van der Waals surface area contributed by atoms with Crippen LogP contribution >= 0.6 is 0 Å². The largest absolute Gasteiger partial charge is 0.481 e. The molecule has 5 heteroatoms. The summed E-state index contributed by atoms with van der Waals surface area (Å²) in [6.07, 6.45) is 4.66. The van der Waals surface area contributed by atoms with Gasteiger partial charge in [0.15, 0.2) is 0 Å². The van der Waals surface area contributed by atoms with Crippen LogP contribution in [0.2, 0.25) is 0 Å². The first kappa shape index (κ1) is 23.9. The Kier molecular flexibility index (Phi) is 5.52. The van der Waals surface area contributed by atoms with E-state index in [0.29, 0.717) is 25.7 Å². The maximum Gasteiger partial charge on any atom is 0.303 e. The summed E-state index contributed by atoms with van der Waals surface area (Å²) in [6, 6.07) is 0. The lowest BCUT2D eigenvalue weighted by Crippen LogP contribution is -2.66. The molecular formula is C27H42O5. The minimum atomic E-state index is -0.772. The number of carboxylic acids is 1. The Labute approximate surface area is 192 Å². The van der Waals surface area contributed by atoms with Crippen LogP contribution < -0.4 is 0 Å². The van der Waals surface area contributed by atoms with Gasteiger partial charge in [-0.15, -0.1) is 0 Å². The van der Waals surface area contributed by atoms with Crippen molar-refractivity contribution in [3.05, 3.63) is 0 Å². The topological polar surface area (TPSA) is 91.7 Å². The molecule has 0 bridgehead atoms. The van der Waals surface area contributed by atoms with E-state index in [0.717, 1.165) is 19.3 Å². The van der Waals surface area contributed by atoms with E-state index in [9.17, 15) is 19.5 Å². The number of carbonyl (C=O) groups is 3. The zero-order valence-corrected chi connectivity index (χ0v) is 20.7. The lowest BCUT2D eigenvalue weighted by Gasteiger charge is -2.65. The molecule has 4 aliphatic carbocycles. The fraction of sp³-hybridized carbons (Fsp3) is 0.889. The molecule has 0 heterocycles. The second kappa shape index (κ2) is 7.38. The Bertz CT molecular complexity index is 832. The average Bonchev–Trinajstić information content (AvgIpc) is 2.96. The number of ketones is 2. The molecule has 4 aliphatic rings. The number of aliphatic hydroxyl groups excluding tert-OH is 1. The van der Waals surface area contributed by atoms with Crippen molar-refractivity contribution in [2.45, 2.75) is 99.0 Å². The van der Waals surface area contributed by atoms with E-state index in [1.807, 2.05) is 0 Å². The van der Waals surface area contributed by atoms with E-state index >= 15 is 0 Å². The van der Waals surface area contributed by atoms with Crippen molar-refractivity contribution in [2.24, 2.45) is 51.2 Å². The van der Waals surface area contributed by atoms with Crippen molar-refractivity contribution in [2.75, 3.05) is 0 Å². The maximum absolute atomic E-state index is 13.9. The molecular weight excluding hydrogens is 404 g/mol. The monoisotopic (exact) mass is 446 g/mol. The second-order valence-corrected chi connectivity index (χ2v) is 13.1. The third-order valence-electron chi connectivity index (χ3n) is 11.5. The number of hydrogen-bond acceptors (Lipinski definition) is 4. The van der Waals surface area contributed by atoms with Gasteiger partial charge in [0.05, 0.1) is 6.10 Å². The van der Waals surface area contributed by atoms with E-state index in [2.05, 4.69) is 41.5 Å². The van der Waals surface area contributed by atoms with Crippen molar-refractivity contribution in [3.8, 4) is 0 Å². The van der Waals surface area contributed by atoms with Crippen molar-refractivity contribution in [1.82, 2.24) is 0 Å². The minimum absolute atomic E-state index is 0.0242. The molecule has 9 atom stereocenters. The standard InChI is InChI=1S/C27H42O5/c1-15(7-8-21(31)32)16-9-12-26(5)23-17(28)13-19-24(2,3)20(30)10-11-25(19,4)22(23)18(29)14-27(16,26)6/h15-16,19-20,22-23,30H,7-14H2,1-6H3,(H,31,32)/t15-,16-,19+,20?,22+,23-,25+,26+,27-/m1/s1. The number of Topliss-reactive ketones (excluding diaryl/α,β-unsaturated/α-hetero) is 2. The van der Waals surface area contributed by atoms with Gasteiger partial charge in [-0.2, -0.15) is 0 Å². The van der Waals surface area contributed by atoms with Crippen LogP contribution in [0.25, 0.3) is 0 Å². The zero-order chi connectivity index (χ0) is 23.9. The molecule has 0 radical (unpaired) electrons. The Morgan fingerprint density at radius 1 is 1.00 bits per heavy atom. The first-order chi connectivity index (χ1) is 14.7. The number of hydrogen-bond donors (Lipinski definition) is 2. The molecule has 1 unspecified atom stereocenters. The van der Waals surface area contributed by atoms with Crippen LogP contribution in [-0.2, 0) is 14.4 Å². The summed E-state index contributed by atoms with van der Waals surface area (Å²) in [5.74, 6) is -0.320. The van der Waals surface area contributed by atoms with Gasteiger partial charge in [0.1, 0.15) is 11.6 Å². The summed E-state index contributed by atoms with van der Waals surface area (Å²) in [5.41, 5.74) is -1.14. The fourth-order valence-electron chi connectivity index (χ4n) is 9.38. The number of rotatable bonds is 4. The number of fused-ring (bicyclic) bond motifs is 5. The average molecular weight is 447 g/mol. The van der Waals surface area contributed by atoms with E-state index in [1.54, 1.807) is 0 Å².